The summed E-state index contributed by atoms with van der Waals surface area (Å²) in [6, 6.07) is 12.6. The highest BCUT2D eigenvalue weighted by Gasteiger charge is 2.34. The summed E-state index contributed by atoms with van der Waals surface area (Å²) in [6.07, 6.45) is -4.82. The Bertz CT molecular complexity index is 799. The Labute approximate surface area is 148 Å². The molecule has 1 atom stereocenters. The predicted octanol–water partition coefficient (Wildman–Crippen LogP) is 4.81. The first-order valence-electron chi connectivity index (χ1n) is 7.62. The van der Waals surface area contributed by atoms with Gasteiger partial charge in [-0.15, -0.1) is 0 Å². The van der Waals surface area contributed by atoms with E-state index in [2.05, 4.69) is 0 Å². The highest BCUT2D eigenvalue weighted by atomic mass is 35.5. The van der Waals surface area contributed by atoms with Gasteiger partial charge in [-0.1, -0.05) is 23.7 Å². The van der Waals surface area contributed by atoms with Gasteiger partial charge in [0.05, 0.1) is 23.8 Å². The summed E-state index contributed by atoms with van der Waals surface area (Å²) in [7, 11) is 0. The summed E-state index contributed by atoms with van der Waals surface area (Å²) in [4.78, 5) is 1.83. The van der Waals surface area contributed by atoms with Gasteiger partial charge < -0.3 is 9.64 Å². The number of ether oxygens (including phenoxy) is 1. The van der Waals surface area contributed by atoms with Crippen LogP contribution in [0.5, 0.6) is 0 Å². The lowest BCUT2D eigenvalue weighted by molar-refractivity contribution is -0.137. The quantitative estimate of drug-likeness (QED) is 0.765. The molecule has 1 fully saturated rings. The Morgan fingerprint density at radius 1 is 1.16 bits per heavy atom. The summed E-state index contributed by atoms with van der Waals surface area (Å²) < 4.78 is 45.2. The van der Waals surface area contributed by atoms with Crippen LogP contribution in [0.4, 0.5) is 18.9 Å². The zero-order chi connectivity index (χ0) is 18.0. The fraction of sp³-hybridized carbons (Fsp3) is 0.278. The van der Waals surface area contributed by atoms with Gasteiger partial charge >= 0.3 is 6.18 Å². The minimum absolute atomic E-state index is 0.254. The molecule has 1 heterocycles. The van der Waals surface area contributed by atoms with E-state index in [0.29, 0.717) is 30.4 Å². The molecule has 0 saturated carbocycles. The van der Waals surface area contributed by atoms with Gasteiger partial charge in [-0.05, 0) is 35.9 Å². The van der Waals surface area contributed by atoms with Gasteiger partial charge in [0.2, 0.25) is 0 Å². The molecule has 7 heteroatoms. The summed E-state index contributed by atoms with van der Waals surface area (Å²) in [6.45, 7) is 1.30. The van der Waals surface area contributed by atoms with E-state index in [1.54, 1.807) is 18.2 Å². The van der Waals surface area contributed by atoms with Crippen molar-refractivity contribution in [3.05, 3.63) is 64.2 Å². The highest BCUT2D eigenvalue weighted by Crippen LogP contribution is 2.35. The molecule has 1 aliphatic heterocycles. The van der Waals surface area contributed by atoms with E-state index >= 15 is 0 Å². The Morgan fingerprint density at radius 2 is 1.88 bits per heavy atom. The molecule has 0 aliphatic carbocycles. The van der Waals surface area contributed by atoms with Gasteiger partial charge in [0.15, 0.2) is 0 Å². The van der Waals surface area contributed by atoms with Crippen LogP contribution in [0.25, 0.3) is 0 Å². The van der Waals surface area contributed by atoms with Crippen molar-refractivity contribution in [1.82, 2.24) is 0 Å². The molecule has 3 nitrogen and oxygen atoms in total. The number of hydrogen-bond donors (Lipinski definition) is 0. The number of rotatable bonds is 2. The molecule has 0 aromatic heterocycles. The van der Waals surface area contributed by atoms with Crippen LogP contribution in [0.1, 0.15) is 22.8 Å². The average Bonchev–Trinajstić information content (AvgIpc) is 2.61. The number of benzene rings is 2. The lowest BCUT2D eigenvalue weighted by atomic mass is 10.0. The number of nitrogens with zero attached hydrogens (tertiary/aromatic N) is 2. The smallest absolute Gasteiger partial charge is 0.370 e. The van der Waals surface area contributed by atoms with Crippen molar-refractivity contribution in [2.45, 2.75) is 12.3 Å². The minimum Gasteiger partial charge on any atom is -0.370 e. The van der Waals surface area contributed by atoms with Crippen molar-refractivity contribution < 1.29 is 17.9 Å². The van der Waals surface area contributed by atoms with E-state index in [1.165, 1.54) is 12.1 Å². The first-order valence-corrected chi connectivity index (χ1v) is 7.99. The Balaban J connectivity index is 1.86. The largest absolute Gasteiger partial charge is 0.417 e. The number of hydrogen-bond acceptors (Lipinski definition) is 3. The predicted molar refractivity (Wildman–Crippen MR) is 88.5 cm³/mol. The molecular formula is C18H14ClF3N2O. The SMILES string of the molecule is N#Cc1ccc(N2CCOC(c3ccc(Cl)cc3)C2)cc1C(F)(F)F. The third kappa shape index (κ3) is 3.89. The van der Waals surface area contributed by atoms with E-state index < -0.39 is 11.7 Å². The first kappa shape index (κ1) is 17.6. The fourth-order valence-electron chi connectivity index (χ4n) is 2.82. The molecule has 3 rings (SSSR count). The van der Waals surface area contributed by atoms with Gasteiger partial charge in [0.1, 0.15) is 6.10 Å². The summed E-state index contributed by atoms with van der Waals surface area (Å²) in [5.74, 6) is 0. The van der Waals surface area contributed by atoms with Crippen LogP contribution in [0, 0.1) is 11.3 Å². The van der Waals surface area contributed by atoms with E-state index in [0.717, 1.165) is 11.6 Å². The summed E-state index contributed by atoms with van der Waals surface area (Å²) >= 11 is 5.88. The van der Waals surface area contributed by atoms with Crippen molar-refractivity contribution in [3.63, 3.8) is 0 Å². The van der Waals surface area contributed by atoms with Gasteiger partial charge in [0, 0.05) is 23.8 Å². The van der Waals surface area contributed by atoms with Crippen molar-refractivity contribution in [1.29, 1.82) is 5.26 Å². The molecule has 0 amide bonds. The molecule has 25 heavy (non-hydrogen) atoms. The van der Waals surface area contributed by atoms with E-state index in [4.69, 9.17) is 21.6 Å². The van der Waals surface area contributed by atoms with Crippen molar-refractivity contribution in [2.24, 2.45) is 0 Å². The maximum Gasteiger partial charge on any atom is 0.417 e. The van der Waals surface area contributed by atoms with E-state index in [-0.39, 0.29) is 11.7 Å². The topological polar surface area (TPSA) is 36.3 Å². The standard InChI is InChI=1S/C18H14ClF3N2O/c19-14-4-1-12(2-5-14)17-11-24(7-8-25-17)15-6-3-13(10-23)16(9-15)18(20,21)22/h1-6,9,17H,7-8,11H2. The van der Waals surface area contributed by atoms with Crippen LogP contribution < -0.4 is 4.90 Å². The normalized spacial score (nSPS) is 18.0. The van der Waals surface area contributed by atoms with Gasteiger partial charge in [-0.2, -0.15) is 18.4 Å². The second kappa shape index (κ2) is 6.95. The van der Waals surface area contributed by atoms with Gasteiger partial charge in [-0.25, -0.2) is 0 Å². The molecular weight excluding hydrogens is 353 g/mol. The van der Waals surface area contributed by atoms with Crippen LogP contribution >= 0.6 is 11.6 Å². The lowest BCUT2D eigenvalue weighted by Crippen LogP contribution is -2.38. The summed E-state index contributed by atoms with van der Waals surface area (Å²) in [5.41, 5.74) is 0.0492. The third-order valence-corrected chi connectivity index (χ3v) is 4.35. The number of halogens is 4. The van der Waals surface area contributed by atoms with Crippen molar-refractivity contribution in [3.8, 4) is 6.07 Å². The van der Waals surface area contributed by atoms with Crippen LogP contribution in [-0.2, 0) is 10.9 Å². The number of alkyl halides is 3. The summed E-state index contributed by atoms with van der Waals surface area (Å²) in [5, 5.41) is 9.51. The maximum atomic E-state index is 13.2. The molecule has 130 valence electrons. The van der Waals surface area contributed by atoms with Crippen LogP contribution in [0.15, 0.2) is 42.5 Å². The molecule has 2 aromatic rings. The monoisotopic (exact) mass is 366 g/mol. The number of anilines is 1. The van der Waals surface area contributed by atoms with Crippen LogP contribution in [0.3, 0.4) is 0 Å². The van der Waals surface area contributed by atoms with Crippen LogP contribution in [0.2, 0.25) is 5.02 Å². The Morgan fingerprint density at radius 3 is 2.52 bits per heavy atom. The van der Waals surface area contributed by atoms with E-state index in [9.17, 15) is 13.2 Å². The molecule has 0 bridgehead atoms. The van der Waals surface area contributed by atoms with Crippen LogP contribution in [-0.4, -0.2) is 19.7 Å². The minimum atomic E-state index is -4.57. The second-order valence-corrected chi connectivity index (χ2v) is 6.13. The highest BCUT2D eigenvalue weighted by molar-refractivity contribution is 6.30. The molecule has 1 unspecified atom stereocenters. The molecule has 0 spiro atoms. The second-order valence-electron chi connectivity index (χ2n) is 5.70. The van der Waals surface area contributed by atoms with Crippen molar-refractivity contribution in [2.75, 3.05) is 24.6 Å². The molecule has 0 N–H and O–H groups in total. The zero-order valence-electron chi connectivity index (χ0n) is 13.1. The van der Waals surface area contributed by atoms with Crippen molar-refractivity contribution >= 4 is 17.3 Å². The maximum absolute atomic E-state index is 13.2. The number of morpholine rings is 1. The molecule has 1 saturated heterocycles. The van der Waals surface area contributed by atoms with Gasteiger partial charge in [-0.3, -0.25) is 0 Å². The average molecular weight is 367 g/mol. The lowest BCUT2D eigenvalue weighted by Gasteiger charge is -2.35. The Kier molecular flexibility index (Phi) is 4.89. The zero-order valence-corrected chi connectivity index (χ0v) is 13.8. The molecule has 0 radical (unpaired) electrons. The number of nitriles is 1. The first-order chi connectivity index (χ1) is 11.9. The molecule has 1 aliphatic rings. The van der Waals surface area contributed by atoms with E-state index in [1.807, 2.05) is 17.0 Å². The Hall–Kier alpha value is -2.23. The third-order valence-electron chi connectivity index (χ3n) is 4.10. The van der Waals surface area contributed by atoms with Gasteiger partial charge in [0.25, 0.3) is 0 Å². The molecule has 2 aromatic carbocycles. The fourth-order valence-corrected chi connectivity index (χ4v) is 2.95.